The minimum atomic E-state index is -0.305. The Kier molecular flexibility index (Phi) is 5.88. The minimum Gasteiger partial charge on any atom is -0.346 e. The number of nitrogens with two attached hydrogens (primary N) is 1. The van der Waals surface area contributed by atoms with Crippen molar-refractivity contribution in [2.45, 2.75) is 13.8 Å². The number of nitrogens with one attached hydrogen (secondary N) is 1. The highest BCUT2D eigenvalue weighted by molar-refractivity contribution is 5.85. The smallest absolute Gasteiger partial charge is 0.241 e. The molecule has 2 amide bonds. The van der Waals surface area contributed by atoms with E-state index in [2.05, 4.69) is 5.32 Å². The van der Waals surface area contributed by atoms with Gasteiger partial charge in [-0.05, 0) is 13.8 Å². The molecule has 0 rings (SSSR count). The maximum atomic E-state index is 11.3. The summed E-state index contributed by atoms with van der Waals surface area (Å²) < 4.78 is 0. The van der Waals surface area contributed by atoms with Crippen molar-refractivity contribution in [3.8, 4) is 0 Å². The van der Waals surface area contributed by atoms with E-state index in [1.54, 1.807) is 4.90 Å². The summed E-state index contributed by atoms with van der Waals surface area (Å²) in [5, 5.41) is 2.43. The van der Waals surface area contributed by atoms with Crippen molar-refractivity contribution in [3.63, 3.8) is 0 Å². The van der Waals surface area contributed by atoms with Crippen LogP contribution in [0.5, 0.6) is 0 Å². The van der Waals surface area contributed by atoms with Crippen LogP contribution >= 0.6 is 0 Å². The number of hydrogen-bond donors (Lipinski definition) is 2. The van der Waals surface area contributed by atoms with Crippen LogP contribution in [0.15, 0.2) is 0 Å². The van der Waals surface area contributed by atoms with Crippen molar-refractivity contribution in [3.05, 3.63) is 0 Å². The summed E-state index contributed by atoms with van der Waals surface area (Å²) in [6.45, 7) is 5.07. The van der Waals surface area contributed by atoms with Crippen molar-refractivity contribution >= 4 is 11.8 Å². The van der Waals surface area contributed by atoms with E-state index < -0.39 is 0 Å². The highest BCUT2D eigenvalue weighted by Crippen LogP contribution is 1.86. The van der Waals surface area contributed by atoms with Gasteiger partial charge in [0.05, 0.1) is 13.1 Å². The quantitative estimate of drug-likeness (QED) is 0.575. The van der Waals surface area contributed by atoms with Gasteiger partial charge in [-0.25, -0.2) is 0 Å². The number of carbonyl (C=O) groups is 2. The van der Waals surface area contributed by atoms with Gasteiger partial charge in [0.25, 0.3) is 0 Å². The van der Waals surface area contributed by atoms with Crippen LogP contribution in [0.25, 0.3) is 0 Å². The zero-order chi connectivity index (χ0) is 10.3. The van der Waals surface area contributed by atoms with Crippen molar-refractivity contribution < 1.29 is 9.59 Å². The Bertz CT molecular complexity index is 178. The van der Waals surface area contributed by atoms with Crippen LogP contribution < -0.4 is 11.1 Å². The van der Waals surface area contributed by atoms with E-state index in [4.69, 9.17) is 5.73 Å². The molecule has 0 bridgehead atoms. The molecule has 76 valence electrons. The lowest BCUT2D eigenvalue weighted by atomic mass is 10.4. The zero-order valence-electron chi connectivity index (χ0n) is 8.17. The molecular weight excluding hydrogens is 170 g/mol. The fraction of sp³-hybridized carbons (Fsp3) is 0.750. The molecule has 5 nitrogen and oxygen atoms in total. The Hall–Kier alpha value is -1.10. The van der Waals surface area contributed by atoms with Gasteiger partial charge in [-0.1, -0.05) is 0 Å². The van der Waals surface area contributed by atoms with Crippen molar-refractivity contribution in [2.24, 2.45) is 5.73 Å². The second kappa shape index (κ2) is 6.42. The number of nitrogens with zero attached hydrogens (tertiary/aromatic N) is 1. The molecule has 0 atom stereocenters. The molecule has 13 heavy (non-hydrogen) atoms. The molecule has 0 fully saturated rings. The van der Waals surface area contributed by atoms with E-state index in [-0.39, 0.29) is 24.9 Å². The van der Waals surface area contributed by atoms with Crippen LogP contribution in [0.1, 0.15) is 13.8 Å². The average Bonchev–Trinajstić information content (AvgIpc) is 2.16. The first-order valence-electron chi connectivity index (χ1n) is 4.40. The SMILES string of the molecule is CCN(CC)C(=O)CNC(=O)CN. The van der Waals surface area contributed by atoms with Crippen molar-refractivity contribution in [2.75, 3.05) is 26.2 Å². The van der Waals surface area contributed by atoms with Crippen LogP contribution in [0.2, 0.25) is 0 Å². The molecule has 0 unspecified atom stereocenters. The summed E-state index contributed by atoms with van der Waals surface area (Å²) in [5.41, 5.74) is 5.06. The molecule has 0 heterocycles. The third-order valence-corrected chi connectivity index (χ3v) is 1.74. The predicted molar refractivity (Wildman–Crippen MR) is 50.0 cm³/mol. The summed E-state index contributed by atoms with van der Waals surface area (Å²) in [4.78, 5) is 23.7. The van der Waals surface area contributed by atoms with Gasteiger partial charge in [0.1, 0.15) is 0 Å². The van der Waals surface area contributed by atoms with Crippen molar-refractivity contribution in [1.29, 1.82) is 0 Å². The molecule has 0 aliphatic carbocycles. The summed E-state index contributed by atoms with van der Waals surface area (Å²) in [5.74, 6) is -0.382. The van der Waals surface area contributed by atoms with Crippen LogP contribution in [-0.4, -0.2) is 42.9 Å². The monoisotopic (exact) mass is 187 g/mol. The fourth-order valence-corrected chi connectivity index (χ4v) is 0.934. The molecule has 5 heteroatoms. The van der Waals surface area contributed by atoms with Gasteiger partial charge in [0.2, 0.25) is 11.8 Å². The second-order valence-corrected chi connectivity index (χ2v) is 2.55. The number of rotatable bonds is 5. The topological polar surface area (TPSA) is 75.4 Å². The Labute approximate surface area is 78.3 Å². The molecule has 0 aliphatic rings. The lowest BCUT2D eigenvalue weighted by molar-refractivity contribution is -0.132. The Balaban J connectivity index is 3.79. The average molecular weight is 187 g/mol. The van der Waals surface area contributed by atoms with Gasteiger partial charge in [-0.3, -0.25) is 9.59 Å². The lowest BCUT2D eigenvalue weighted by Gasteiger charge is -2.18. The van der Waals surface area contributed by atoms with Crippen LogP contribution in [0.3, 0.4) is 0 Å². The van der Waals surface area contributed by atoms with Gasteiger partial charge < -0.3 is 16.0 Å². The standard InChI is InChI=1S/C8H17N3O2/c1-3-11(4-2)8(13)6-10-7(12)5-9/h3-6,9H2,1-2H3,(H,10,12). The summed E-state index contributed by atoms with van der Waals surface area (Å²) in [6.07, 6.45) is 0. The molecule has 0 aromatic heterocycles. The Morgan fingerprint density at radius 3 is 2.23 bits per heavy atom. The number of amides is 2. The minimum absolute atomic E-state index is 0.0394. The van der Waals surface area contributed by atoms with E-state index in [0.717, 1.165) is 0 Å². The lowest BCUT2D eigenvalue weighted by Crippen LogP contribution is -2.41. The molecule has 0 saturated heterocycles. The molecule has 0 aromatic carbocycles. The summed E-state index contributed by atoms with van der Waals surface area (Å²) in [7, 11) is 0. The van der Waals surface area contributed by atoms with E-state index in [9.17, 15) is 9.59 Å². The summed E-state index contributed by atoms with van der Waals surface area (Å²) >= 11 is 0. The Morgan fingerprint density at radius 2 is 1.85 bits per heavy atom. The van der Waals surface area contributed by atoms with Crippen molar-refractivity contribution in [1.82, 2.24) is 10.2 Å². The van der Waals surface area contributed by atoms with E-state index in [0.29, 0.717) is 13.1 Å². The molecule has 0 spiro atoms. The van der Waals surface area contributed by atoms with Crippen LogP contribution in [0.4, 0.5) is 0 Å². The van der Waals surface area contributed by atoms with Gasteiger partial charge in [0.15, 0.2) is 0 Å². The first-order chi connectivity index (χ1) is 6.15. The molecular formula is C8H17N3O2. The number of hydrogen-bond acceptors (Lipinski definition) is 3. The molecule has 0 aromatic rings. The molecule has 0 saturated carbocycles. The highest BCUT2D eigenvalue weighted by Gasteiger charge is 2.09. The highest BCUT2D eigenvalue weighted by atomic mass is 16.2. The Morgan fingerprint density at radius 1 is 1.31 bits per heavy atom. The number of carbonyl (C=O) groups excluding carboxylic acids is 2. The molecule has 3 N–H and O–H groups in total. The van der Waals surface area contributed by atoms with Gasteiger partial charge in [-0.15, -0.1) is 0 Å². The van der Waals surface area contributed by atoms with E-state index in [1.165, 1.54) is 0 Å². The summed E-state index contributed by atoms with van der Waals surface area (Å²) in [6, 6.07) is 0. The third-order valence-electron chi connectivity index (χ3n) is 1.74. The first-order valence-corrected chi connectivity index (χ1v) is 4.40. The van der Waals surface area contributed by atoms with Gasteiger partial charge >= 0.3 is 0 Å². The molecule has 0 radical (unpaired) electrons. The predicted octanol–water partition coefficient (Wildman–Crippen LogP) is -1.07. The fourth-order valence-electron chi connectivity index (χ4n) is 0.934. The first kappa shape index (κ1) is 11.9. The van der Waals surface area contributed by atoms with Crippen LogP contribution in [0, 0.1) is 0 Å². The maximum Gasteiger partial charge on any atom is 0.241 e. The third kappa shape index (κ3) is 4.47. The van der Waals surface area contributed by atoms with E-state index >= 15 is 0 Å². The van der Waals surface area contributed by atoms with E-state index in [1.807, 2.05) is 13.8 Å². The second-order valence-electron chi connectivity index (χ2n) is 2.55. The van der Waals surface area contributed by atoms with Gasteiger partial charge in [0, 0.05) is 13.1 Å². The largest absolute Gasteiger partial charge is 0.346 e. The normalized spacial score (nSPS) is 9.46. The maximum absolute atomic E-state index is 11.3. The van der Waals surface area contributed by atoms with Gasteiger partial charge in [-0.2, -0.15) is 0 Å². The molecule has 0 aliphatic heterocycles. The van der Waals surface area contributed by atoms with Crippen LogP contribution in [-0.2, 0) is 9.59 Å². The number of likely N-dealkylation sites (N-methyl/N-ethyl adjacent to an activating group) is 1. The zero-order valence-corrected chi connectivity index (χ0v) is 8.17.